The van der Waals surface area contributed by atoms with E-state index in [9.17, 15) is 0 Å². The van der Waals surface area contributed by atoms with Crippen LogP contribution in [-0.4, -0.2) is 9.97 Å². The predicted octanol–water partition coefficient (Wildman–Crippen LogP) is 2.82. The SMILES string of the molecule is c1cc2cc(-c3cnco3)ccc2[nH]1. The van der Waals surface area contributed by atoms with E-state index in [2.05, 4.69) is 16.0 Å². The Morgan fingerprint density at radius 2 is 2.21 bits per heavy atom. The van der Waals surface area contributed by atoms with Crippen molar-refractivity contribution >= 4 is 10.9 Å². The zero-order chi connectivity index (χ0) is 9.38. The highest BCUT2D eigenvalue weighted by molar-refractivity contribution is 5.83. The number of hydrogen-bond donors (Lipinski definition) is 1. The van der Waals surface area contributed by atoms with Crippen LogP contribution in [0.15, 0.2) is 47.5 Å². The van der Waals surface area contributed by atoms with Crippen LogP contribution < -0.4 is 0 Å². The molecule has 0 unspecified atom stereocenters. The Bertz CT molecular complexity index is 551. The van der Waals surface area contributed by atoms with Crippen molar-refractivity contribution in [2.45, 2.75) is 0 Å². The van der Waals surface area contributed by atoms with Gasteiger partial charge in [0, 0.05) is 22.7 Å². The van der Waals surface area contributed by atoms with E-state index < -0.39 is 0 Å². The first-order valence-corrected chi connectivity index (χ1v) is 4.39. The minimum atomic E-state index is 0.799. The third kappa shape index (κ3) is 1.03. The first-order valence-electron chi connectivity index (χ1n) is 4.39. The number of oxazole rings is 1. The number of aromatic nitrogens is 2. The van der Waals surface area contributed by atoms with Crippen molar-refractivity contribution in [2.75, 3.05) is 0 Å². The number of nitrogens with one attached hydrogen (secondary N) is 1. The molecule has 3 aromatic rings. The molecule has 0 aliphatic rings. The summed E-state index contributed by atoms with van der Waals surface area (Å²) < 4.78 is 5.22. The van der Waals surface area contributed by atoms with Crippen molar-refractivity contribution in [1.82, 2.24) is 9.97 Å². The summed E-state index contributed by atoms with van der Waals surface area (Å²) >= 11 is 0. The minimum absolute atomic E-state index is 0.799. The molecule has 0 spiro atoms. The minimum Gasteiger partial charge on any atom is -0.444 e. The van der Waals surface area contributed by atoms with Crippen molar-refractivity contribution in [1.29, 1.82) is 0 Å². The summed E-state index contributed by atoms with van der Waals surface area (Å²) in [5.41, 5.74) is 2.18. The summed E-state index contributed by atoms with van der Waals surface area (Å²) in [6.07, 6.45) is 5.08. The number of fused-ring (bicyclic) bond motifs is 1. The molecule has 0 saturated heterocycles. The van der Waals surface area contributed by atoms with Crippen LogP contribution in [0, 0.1) is 0 Å². The topological polar surface area (TPSA) is 41.8 Å². The fourth-order valence-electron chi connectivity index (χ4n) is 1.56. The number of rotatable bonds is 1. The Hall–Kier alpha value is -2.03. The zero-order valence-corrected chi connectivity index (χ0v) is 7.40. The first-order chi connectivity index (χ1) is 6.93. The molecule has 3 rings (SSSR count). The molecule has 1 aromatic carbocycles. The van der Waals surface area contributed by atoms with E-state index in [0.717, 1.165) is 16.8 Å². The zero-order valence-electron chi connectivity index (χ0n) is 7.40. The number of aromatic amines is 1. The molecule has 0 aliphatic heterocycles. The molecule has 0 aliphatic carbocycles. The Kier molecular flexibility index (Phi) is 1.44. The second kappa shape index (κ2) is 2.73. The van der Waals surface area contributed by atoms with Gasteiger partial charge in [-0.1, -0.05) is 0 Å². The van der Waals surface area contributed by atoms with E-state index in [1.54, 1.807) is 6.20 Å². The molecule has 0 fully saturated rings. The van der Waals surface area contributed by atoms with Crippen molar-refractivity contribution < 1.29 is 4.42 Å². The van der Waals surface area contributed by atoms with E-state index in [1.807, 2.05) is 24.4 Å². The van der Waals surface area contributed by atoms with Gasteiger partial charge in [-0.15, -0.1) is 0 Å². The first kappa shape index (κ1) is 7.38. The quantitative estimate of drug-likeness (QED) is 0.631. The molecular weight excluding hydrogens is 176 g/mol. The Balaban J connectivity index is 2.23. The summed E-state index contributed by atoms with van der Waals surface area (Å²) in [5, 5.41) is 1.18. The van der Waals surface area contributed by atoms with Crippen LogP contribution >= 0.6 is 0 Å². The van der Waals surface area contributed by atoms with Gasteiger partial charge in [0.25, 0.3) is 0 Å². The maximum atomic E-state index is 5.22. The second-order valence-corrected chi connectivity index (χ2v) is 3.15. The average molecular weight is 184 g/mol. The number of benzene rings is 1. The van der Waals surface area contributed by atoms with Gasteiger partial charge in [-0.2, -0.15) is 0 Å². The lowest BCUT2D eigenvalue weighted by Crippen LogP contribution is -1.73. The lowest BCUT2D eigenvalue weighted by molar-refractivity contribution is 0.572. The maximum Gasteiger partial charge on any atom is 0.181 e. The molecule has 0 atom stereocenters. The van der Waals surface area contributed by atoms with Crippen LogP contribution in [0.4, 0.5) is 0 Å². The van der Waals surface area contributed by atoms with Gasteiger partial charge in [-0.05, 0) is 24.3 Å². The molecule has 0 radical (unpaired) electrons. The number of nitrogens with zero attached hydrogens (tertiary/aromatic N) is 1. The fourth-order valence-corrected chi connectivity index (χ4v) is 1.56. The van der Waals surface area contributed by atoms with Crippen LogP contribution in [0.1, 0.15) is 0 Å². The van der Waals surface area contributed by atoms with Gasteiger partial charge in [0.2, 0.25) is 0 Å². The highest BCUT2D eigenvalue weighted by atomic mass is 16.3. The number of hydrogen-bond acceptors (Lipinski definition) is 2. The molecule has 0 saturated carbocycles. The summed E-state index contributed by atoms with van der Waals surface area (Å²) in [6.45, 7) is 0. The largest absolute Gasteiger partial charge is 0.444 e. The molecule has 0 amide bonds. The van der Waals surface area contributed by atoms with E-state index in [1.165, 1.54) is 11.8 Å². The molecule has 2 heterocycles. The van der Waals surface area contributed by atoms with Gasteiger partial charge >= 0.3 is 0 Å². The third-order valence-electron chi connectivity index (χ3n) is 2.27. The summed E-state index contributed by atoms with van der Waals surface area (Å²) in [6, 6.07) is 8.16. The monoisotopic (exact) mass is 184 g/mol. The third-order valence-corrected chi connectivity index (χ3v) is 2.27. The molecule has 2 aromatic heterocycles. The van der Waals surface area contributed by atoms with E-state index >= 15 is 0 Å². The Labute approximate surface area is 80.4 Å². The average Bonchev–Trinajstić information content (AvgIpc) is 2.88. The van der Waals surface area contributed by atoms with Gasteiger partial charge in [-0.3, -0.25) is 0 Å². The van der Waals surface area contributed by atoms with Crippen molar-refractivity contribution in [3.8, 4) is 11.3 Å². The number of H-pyrrole nitrogens is 1. The molecule has 14 heavy (non-hydrogen) atoms. The smallest absolute Gasteiger partial charge is 0.181 e. The van der Waals surface area contributed by atoms with Gasteiger partial charge in [0.1, 0.15) is 0 Å². The normalized spacial score (nSPS) is 10.9. The Morgan fingerprint density at radius 1 is 1.21 bits per heavy atom. The van der Waals surface area contributed by atoms with Crippen molar-refractivity contribution in [3.63, 3.8) is 0 Å². The van der Waals surface area contributed by atoms with Gasteiger partial charge in [0.05, 0.1) is 6.20 Å². The second-order valence-electron chi connectivity index (χ2n) is 3.15. The maximum absolute atomic E-state index is 5.22. The lowest BCUT2D eigenvalue weighted by atomic mass is 10.1. The van der Waals surface area contributed by atoms with Crippen LogP contribution in [0.2, 0.25) is 0 Å². The van der Waals surface area contributed by atoms with Gasteiger partial charge < -0.3 is 9.40 Å². The molecule has 0 bridgehead atoms. The molecule has 3 nitrogen and oxygen atoms in total. The summed E-state index contributed by atoms with van der Waals surface area (Å²) in [4.78, 5) is 7.04. The van der Waals surface area contributed by atoms with Crippen LogP contribution in [0.25, 0.3) is 22.2 Å². The van der Waals surface area contributed by atoms with E-state index in [4.69, 9.17) is 4.42 Å². The fraction of sp³-hybridized carbons (Fsp3) is 0. The van der Waals surface area contributed by atoms with Crippen molar-refractivity contribution in [3.05, 3.63) is 43.1 Å². The molecule has 1 N–H and O–H groups in total. The van der Waals surface area contributed by atoms with E-state index in [-0.39, 0.29) is 0 Å². The van der Waals surface area contributed by atoms with Crippen LogP contribution in [0.5, 0.6) is 0 Å². The molecule has 68 valence electrons. The Morgan fingerprint density at radius 3 is 3.07 bits per heavy atom. The lowest BCUT2D eigenvalue weighted by Gasteiger charge is -1.95. The highest BCUT2D eigenvalue weighted by Gasteiger charge is 2.02. The van der Waals surface area contributed by atoms with Gasteiger partial charge in [0.15, 0.2) is 12.2 Å². The highest BCUT2D eigenvalue weighted by Crippen LogP contribution is 2.23. The predicted molar refractivity (Wildman–Crippen MR) is 53.8 cm³/mol. The van der Waals surface area contributed by atoms with Crippen LogP contribution in [0.3, 0.4) is 0 Å². The van der Waals surface area contributed by atoms with Crippen LogP contribution in [-0.2, 0) is 0 Å². The van der Waals surface area contributed by atoms with Crippen molar-refractivity contribution in [2.24, 2.45) is 0 Å². The summed E-state index contributed by atoms with van der Waals surface area (Å²) in [5.74, 6) is 0.799. The van der Waals surface area contributed by atoms with Gasteiger partial charge in [-0.25, -0.2) is 4.98 Å². The molecular formula is C11H8N2O. The standard InChI is InChI=1S/C11H8N2O/c1-2-10-8(3-4-13-10)5-9(1)11-6-12-7-14-11/h1-7,13H. The van der Waals surface area contributed by atoms with E-state index in [0.29, 0.717) is 0 Å². The molecule has 3 heteroatoms. The summed E-state index contributed by atoms with van der Waals surface area (Å²) in [7, 11) is 0.